The fourth-order valence-corrected chi connectivity index (χ4v) is 4.03. The van der Waals surface area contributed by atoms with Gasteiger partial charge < -0.3 is 10.0 Å². The Morgan fingerprint density at radius 2 is 1.80 bits per heavy atom. The highest BCUT2D eigenvalue weighted by atomic mass is 16.3. The molecule has 0 spiro atoms. The van der Waals surface area contributed by atoms with Crippen LogP contribution in [0.5, 0.6) is 0 Å². The molecule has 4 heteroatoms. The van der Waals surface area contributed by atoms with E-state index in [0.29, 0.717) is 18.9 Å². The maximum absolute atomic E-state index is 12.5. The van der Waals surface area contributed by atoms with E-state index in [4.69, 9.17) is 0 Å². The zero-order valence-electron chi connectivity index (χ0n) is 15.0. The number of benzene rings is 1. The monoisotopic (exact) mass is 343 g/mol. The maximum Gasteiger partial charge on any atom is 0.223 e. The summed E-state index contributed by atoms with van der Waals surface area (Å²) in [6.07, 6.45) is 7.98. The molecule has 1 saturated heterocycles. The van der Waals surface area contributed by atoms with Gasteiger partial charge in [0.25, 0.3) is 0 Å². The summed E-state index contributed by atoms with van der Waals surface area (Å²) >= 11 is 0. The van der Waals surface area contributed by atoms with Crippen molar-refractivity contribution in [2.24, 2.45) is 5.92 Å². The first kappa shape index (κ1) is 18.1. The number of Topliss-reactive ketones (excluding diaryl/α,β-unsaturated/α-hetero) is 1. The first-order chi connectivity index (χ1) is 12.2. The maximum atomic E-state index is 12.5. The highest BCUT2D eigenvalue weighted by Gasteiger charge is 2.21. The number of nitrogens with zero attached hydrogens (tertiary/aromatic N) is 1. The Hall–Kier alpha value is -1.68. The van der Waals surface area contributed by atoms with Crippen molar-refractivity contribution in [1.29, 1.82) is 0 Å². The number of hydrogen-bond acceptors (Lipinski definition) is 3. The number of carbonyl (C=O) groups excluding carboxylic acids is 2. The highest BCUT2D eigenvalue weighted by Crippen LogP contribution is 2.23. The van der Waals surface area contributed by atoms with E-state index in [2.05, 4.69) is 6.07 Å². The molecular weight excluding hydrogens is 314 g/mol. The normalized spacial score (nSPS) is 20.7. The zero-order chi connectivity index (χ0) is 17.6. The molecule has 3 rings (SSSR count). The van der Waals surface area contributed by atoms with Crippen molar-refractivity contribution in [3.63, 3.8) is 0 Å². The van der Waals surface area contributed by atoms with Crippen molar-refractivity contribution < 1.29 is 14.7 Å². The van der Waals surface area contributed by atoms with E-state index in [1.807, 2.05) is 17.0 Å². The average molecular weight is 343 g/mol. The molecule has 0 aromatic heterocycles. The molecule has 0 radical (unpaired) electrons. The molecule has 1 fully saturated rings. The third-order valence-corrected chi connectivity index (χ3v) is 5.69. The molecular formula is C21H29NO3. The predicted molar refractivity (Wildman–Crippen MR) is 97.7 cm³/mol. The number of aryl methyl sites for hydroxylation is 2. The summed E-state index contributed by atoms with van der Waals surface area (Å²) in [6.45, 7) is 1.66. The van der Waals surface area contributed by atoms with Crippen LogP contribution in [0.4, 0.5) is 0 Å². The van der Waals surface area contributed by atoms with Crippen LogP contribution in [0, 0.1) is 5.92 Å². The van der Waals surface area contributed by atoms with Crippen LogP contribution in [0.1, 0.15) is 66.4 Å². The smallest absolute Gasteiger partial charge is 0.223 e. The minimum Gasteiger partial charge on any atom is -0.396 e. The third kappa shape index (κ3) is 4.69. The first-order valence-corrected chi connectivity index (χ1v) is 9.71. The molecule has 1 heterocycles. The van der Waals surface area contributed by atoms with Gasteiger partial charge in [0, 0.05) is 38.1 Å². The molecule has 2 aliphatic rings. The molecule has 136 valence electrons. The van der Waals surface area contributed by atoms with Gasteiger partial charge in [-0.05, 0) is 68.1 Å². The SMILES string of the molecule is O=C(CCC(=O)N1CCCC(CO)CC1)c1ccc2c(c1)CCCC2. The van der Waals surface area contributed by atoms with Crippen LogP contribution < -0.4 is 0 Å². The second kappa shape index (κ2) is 8.61. The van der Waals surface area contributed by atoms with Crippen LogP contribution >= 0.6 is 0 Å². The lowest BCUT2D eigenvalue weighted by atomic mass is 9.89. The van der Waals surface area contributed by atoms with Crippen molar-refractivity contribution in [3.8, 4) is 0 Å². The highest BCUT2D eigenvalue weighted by molar-refractivity contribution is 5.98. The number of rotatable bonds is 5. The molecule has 1 aromatic rings. The Morgan fingerprint density at radius 1 is 1.00 bits per heavy atom. The number of aliphatic hydroxyl groups excluding tert-OH is 1. The van der Waals surface area contributed by atoms with Gasteiger partial charge in [-0.3, -0.25) is 9.59 Å². The van der Waals surface area contributed by atoms with Crippen molar-refractivity contribution in [1.82, 2.24) is 4.90 Å². The molecule has 1 aliphatic carbocycles. The van der Waals surface area contributed by atoms with E-state index in [9.17, 15) is 14.7 Å². The van der Waals surface area contributed by atoms with Crippen LogP contribution in [-0.2, 0) is 17.6 Å². The van der Waals surface area contributed by atoms with Gasteiger partial charge in [0.2, 0.25) is 5.91 Å². The van der Waals surface area contributed by atoms with Crippen molar-refractivity contribution >= 4 is 11.7 Å². The van der Waals surface area contributed by atoms with Crippen molar-refractivity contribution in [2.45, 2.75) is 57.8 Å². The van der Waals surface area contributed by atoms with E-state index in [0.717, 1.165) is 44.2 Å². The van der Waals surface area contributed by atoms with E-state index >= 15 is 0 Å². The molecule has 0 bridgehead atoms. The van der Waals surface area contributed by atoms with Gasteiger partial charge in [-0.15, -0.1) is 0 Å². The lowest BCUT2D eigenvalue weighted by molar-refractivity contribution is -0.131. The second-order valence-corrected chi connectivity index (χ2v) is 7.47. The average Bonchev–Trinajstić information content (AvgIpc) is 2.91. The molecule has 1 unspecified atom stereocenters. The van der Waals surface area contributed by atoms with Gasteiger partial charge in [0.15, 0.2) is 5.78 Å². The number of ketones is 1. The number of fused-ring (bicyclic) bond motifs is 1. The van der Waals surface area contributed by atoms with Crippen LogP contribution in [0.3, 0.4) is 0 Å². The molecule has 1 aliphatic heterocycles. The Balaban J connectivity index is 1.52. The first-order valence-electron chi connectivity index (χ1n) is 9.71. The fraction of sp³-hybridized carbons (Fsp3) is 0.619. The molecule has 0 saturated carbocycles. The number of carbonyl (C=O) groups is 2. The van der Waals surface area contributed by atoms with Gasteiger partial charge in [-0.2, -0.15) is 0 Å². The van der Waals surface area contributed by atoms with Gasteiger partial charge in [-0.1, -0.05) is 12.1 Å². The van der Waals surface area contributed by atoms with E-state index < -0.39 is 0 Å². The summed E-state index contributed by atoms with van der Waals surface area (Å²) < 4.78 is 0. The summed E-state index contributed by atoms with van der Waals surface area (Å²) in [5.74, 6) is 0.463. The van der Waals surface area contributed by atoms with Crippen LogP contribution in [-0.4, -0.2) is 41.4 Å². The van der Waals surface area contributed by atoms with Gasteiger partial charge >= 0.3 is 0 Å². The van der Waals surface area contributed by atoms with Crippen LogP contribution in [0.2, 0.25) is 0 Å². The van der Waals surface area contributed by atoms with E-state index in [-0.39, 0.29) is 24.7 Å². The summed E-state index contributed by atoms with van der Waals surface area (Å²) in [5.41, 5.74) is 3.44. The van der Waals surface area contributed by atoms with Gasteiger partial charge in [-0.25, -0.2) is 0 Å². The second-order valence-electron chi connectivity index (χ2n) is 7.47. The van der Waals surface area contributed by atoms with Crippen LogP contribution in [0.15, 0.2) is 18.2 Å². The molecule has 1 aromatic carbocycles. The minimum atomic E-state index is 0.0739. The lowest BCUT2D eigenvalue weighted by Crippen LogP contribution is -2.32. The Kier molecular flexibility index (Phi) is 6.24. The summed E-state index contributed by atoms with van der Waals surface area (Å²) in [5, 5.41) is 9.28. The van der Waals surface area contributed by atoms with Crippen LogP contribution in [0.25, 0.3) is 0 Å². The van der Waals surface area contributed by atoms with Crippen molar-refractivity contribution in [3.05, 3.63) is 34.9 Å². The Labute approximate surface area is 150 Å². The summed E-state index contributed by atoms with van der Waals surface area (Å²) in [4.78, 5) is 26.8. The zero-order valence-corrected chi connectivity index (χ0v) is 15.0. The minimum absolute atomic E-state index is 0.0739. The summed E-state index contributed by atoms with van der Waals surface area (Å²) in [6, 6.07) is 6.06. The third-order valence-electron chi connectivity index (χ3n) is 5.69. The quantitative estimate of drug-likeness (QED) is 0.836. The predicted octanol–water partition coefficient (Wildman–Crippen LogP) is 3.15. The molecule has 4 nitrogen and oxygen atoms in total. The molecule has 1 amide bonds. The molecule has 1 atom stereocenters. The Bertz CT molecular complexity index is 626. The molecule has 25 heavy (non-hydrogen) atoms. The van der Waals surface area contributed by atoms with Crippen molar-refractivity contribution in [2.75, 3.05) is 19.7 Å². The lowest BCUT2D eigenvalue weighted by Gasteiger charge is -2.20. The van der Waals surface area contributed by atoms with Gasteiger partial charge in [0.1, 0.15) is 0 Å². The largest absolute Gasteiger partial charge is 0.396 e. The topological polar surface area (TPSA) is 57.6 Å². The number of hydrogen-bond donors (Lipinski definition) is 1. The van der Waals surface area contributed by atoms with E-state index in [1.54, 1.807) is 0 Å². The summed E-state index contributed by atoms with van der Waals surface area (Å²) in [7, 11) is 0. The Morgan fingerprint density at radius 3 is 2.60 bits per heavy atom. The standard InChI is InChI=1S/C21H29NO3/c23-15-16-4-3-12-22(13-11-16)21(25)10-9-20(24)19-8-7-17-5-1-2-6-18(17)14-19/h7-8,14,16,23H,1-6,9-13,15H2. The molecule has 1 N–H and O–H groups in total. The number of amides is 1. The van der Waals surface area contributed by atoms with E-state index in [1.165, 1.54) is 24.0 Å². The van der Waals surface area contributed by atoms with Gasteiger partial charge in [0.05, 0.1) is 0 Å². The number of aliphatic hydroxyl groups is 1. The fourth-order valence-electron chi connectivity index (χ4n) is 4.03. The number of likely N-dealkylation sites (tertiary alicyclic amines) is 1.